The Bertz CT molecular complexity index is 348. The van der Waals surface area contributed by atoms with Gasteiger partial charge >= 0.3 is 0 Å². The highest BCUT2D eigenvalue weighted by Crippen LogP contribution is 2.25. The zero-order valence-corrected chi connectivity index (χ0v) is 12.3. The van der Waals surface area contributed by atoms with E-state index in [1.54, 1.807) is 14.2 Å². The Kier molecular flexibility index (Phi) is 8.54. The van der Waals surface area contributed by atoms with Crippen molar-refractivity contribution in [3.63, 3.8) is 0 Å². The molecule has 1 aromatic carbocycles. The summed E-state index contributed by atoms with van der Waals surface area (Å²) < 4.78 is 10.5. The summed E-state index contributed by atoms with van der Waals surface area (Å²) in [6.45, 7) is 2.86. The van der Waals surface area contributed by atoms with E-state index >= 15 is 0 Å². The van der Waals surface area contributed by atoms with E-state index in [9.17, 15) is 0 Å². The number of rotatable bonds is 7. The van der Waals surface area contributed by atoms with Gasteiger partial charge in [-0.2, -0.15) is 0 Å². The number of benzene rings is 1. The number of likely N-dealkylation sites (N-methyl/N-ethyl adjacent to an activating group) is 2. The van der Waals surface area contributed by atoms with Crippen LogP contribution in [-0.4, -0.2) is 46.3 Å². The maximum Gasteiger partial charge on any atom is 0.127 e. The number of nitrogens with zero attached hydrogens (tertiary/aromatic N) is 1. The fraction of sp³-hybridized carbons (Fsp3) is 0.538. The highest BCUT2D eigenvalue weighted by atomic mass is 35.5. The van der Waals surface area contributed by atoms with Crippen molar-refractivity contribution in [2.75, 3.05) is 41.4 Å². The Morgan fingerprint density at radius 2 is 1.94 bits per heavy atom. The standard InChI is InChI=1S/C13H22N2O2.ClH/c1-14-7-8-15(2)10-11-5-6-12(16-3)9-13(11)17-4;/h5-6,9,14H,7-8,10H2,1-4H3;1H. The average Bonchev–Trinajstić information content (AvgIpc) is 2.36. The fourth-order valence-corrected chi connectivity index (χ4v) is 1.66. The molecule has 0 radical (unpaired) electrons. The van der Waals surface area contributed by atoms with Crippen LogP contribution in [0.2, 0.25) is 0 Å². The summed E-state index contributed by atoms with van der Waals surface area (Å²) in [6.07, 6.45) is 0. The van der Waals surface area contributed by atoms with Crippen LogP contribution < -0.4 is 14.8 Å². The molecule has 0 aromatic heterocycles. The first-order valence-corrected chi connectivity index (χ1v) is 5.75. The van der Waals surface area contributed by atoms with Crippen molar-refractivity contribution in [2.24, 2.45) is 0 Å². The van der Waals surface area contributed by atoms with Crippen molar-refractivity contribution in [1.82, 2.24) is 10.2 Å². The molecular formula is C13H23ClN2O2. The largest absolute Gasteiger partial charge is 0.497 e. The molecule has 0 unspecified atom stereocenters. The first kappa shape index (κ1) is 17.0. The first-order valence-electron chi connectivity index (χ1n) is 5.75. The van der Waals surface area contributed by atoms with Crippen molar-refractivity contribution in [2.45, 2.75) is 6.54 Å². The molecule has 0 heterocycles. The molecule has 0 bridgehead atoms. The summed E-state index contributed by atoms with van der Waals surface area (Å²) in [6, 6.07) is 5.93. The lowest BCUT2D eigenvalue weighted by molar-refractivity contribution is 0.317. The molecular weight excluding hydrogens is 252 g/mol. The van der Waals surface area contributed by atoms with E-state index in [0.717, 1.165) is 31.1 Å². The highest BCUT2D eigenvalue weighted by molar-refractivity contribution is 5.85. The van der Waals surface area contributed by atoms with E-state index in [1.807, 2.05) is 25.2 Å². The number of hydrogen-bond acceptors (Lipinski definition) is 4. The topological polar surface area (TPSA) is 33.7 Å². The third-order valence-electron chi connectivity index (χ3n) is 2.68. The molecule has 1 aromatic rings. The van der Waals surface area contributed by atoms with Crippen LogP contribution in [-0.2, 0) is 6.54 Å². The SMILES string of the molecule is CNCCN(C)Cc1ccc(OC)cc1OC.Cl. The minimum absolute atomic E-state index is 0. The maximum atomic E-state index is 5.37. The van der Waals surface area contributed by atoms with E-state index in [1.165, 1.54) is 5.56 Å². The minimum atomic E-state index is 0. The molecule has 0 spiro atoms. The molecule has 4 nitrogen and oxygen atoms in total. The van der Waals surface area contributed by atoms with Gasteiger partial charge in [0, 0.05) is 31.3 Å². The van der Waals surface area contributed by atoms with Gasteiger partial charge in [0.25, 0.3) is 0 Å². The summed E-state index contributed by atoms with van der Waals surface area (Å²) in [4.78, 5) is 2.25. The minimum Gasteiger partial charge on any atom is -0.497 e. The van der Waals surface area contributed by atoms with Crippen LogP contribution in [0.1, 0.15) is 5.56 Å². The molecule has 5 heteroatoms. The molecule has 0 saturated carbocycles. The third-order valence-corrected chi connectivity index (χ3v) is 2.68. The number of methoxy groups -OCH3 is 2. The van der Waals surface area contributed by atoms with Gasteiger partial charge in [0.2, 0.25) is 0 Å². The molecule has 104 valence electrons. The van der Waals surface area contributed by atoms with Gasteiger partial charge < -0.3 is 19.7 Å². The number of halogens is 1. The van der Waals surface area contributed by atoms with Gasteiger partial charge in [-0.25, -0.2) is 0 Å². The number of hydrogen-bond donors (Lipinski definition) is 1. The average molecular weight is 275 g/mol. The van der Waals surface area contributed by atoms with Gasteiger partial charge in [-0.15, -0.1) is 12.4 Å². The Labute approximate surface area is 116 Å². The summed E-state index contributed by atoms with van der Waals surface area (Å²) in [5, 5.41) is 3.14. The van der Waals surface area contributed by atoms with E-state index in [2.05, 4.69) is 17.3 Å². The van der Waals surface area contributed by atoms with Crippen molar-refractivity contribution < 1.29 is 9.47 Å². The lowest BCUT2D eigenvalue weighted by atomic mass is 10.2. The lowest BCUT2D eigenvalue weighted by Crippen LogP contribution is -2.27. The molecule has 18 heavy (non-hydrogen) atoms. The molecule has 0 amide bonds. The summed E-state index contributed by atoms with van der Waals surface area (Å²) in [7, 11) is 7.40. The van der Waals surface area contributed by atoms with Crippen LogP contribution in [0, 0.1) is 0 Å². The number of nitrogens with one attached hydrogen (secondary N) is 1. The monoisotopic (exact) mass is 274 g/mol. The van der Waals surface area contributed by atoms with E-state index in [4.69, 9.17) is 9.47 Å². The smallest absolute Gasteiger partial charge is 0.127 e. The zero-order valence-electron chi connectivity index (χ0n) is 11.5. The summed E-state index contributed by atoms with van der Waals surface area (Å²) in [5.41, 5.74) is 1.17. The Hall–Kier alpha value is -0.970. The quantitative estimate of drug-likeness (QED) is 0.822. The summed E-state index contributed by atoms with van der Waals surface area (Å²) >= 11 is 0. The zero-order chi connectivity index (χ0) is 12.7. The van der Waals surface area contributed by atoms with Crippen molar-refractivity contribution in [3.05, 3.63) is 23.8 Å². The van der Waals surface area contributed by atoms with Gasteiger partial charge in [-0.3, -0.25) is 0 Å². The predicted molar refractivity (Wildman–Crippen MR) is 77.1 cm³/mol. The molecule has 0 aliphatic carbocycles. The van der Waals surface area contributed by atoms with Crippen LogP contribution in [0.3, 0.4) is 0 Å². The van der Waals surface area contributed by atoms with Gasteiger partial charge in [0.1, 0.15) is 11.5 Å². The van der Waals surface area contributed by atoms with Gasteiger partial charge in [0.05, 0.1) is 14.2 Å². The van der Waals surface area contributed by atoms with E-state index < -0.39 is 0 Å². The van der Waals surface area contributed by atoms with E-state index in [0.29, 0.717) is 0 Å². The first-order chi connectivity index (χ1) is 8.21. The van der Waals surface area contributed by atoms with Crippen LogP contribution in [0.15, 0.2) is 18.2 Å². The predicted octanol–water partition coefficient (Wildman–Crippen LogP) is 1.78. The Morgan fingerprint density at radius 3 is 2.50 bits per heavy atom. The normalized spacial score (nSPS) is 10.1. The van der Waals surface area contributed by atoms with Gasteiger partial charge in [-0.1, -0.05) is 6.07 Å². The highest BCUT2D eigenvalue weighted by Gasteiger charge is 2.07. The molecule has 1 N–H and O–H groups in total. The van der Waals surface area contributed by atoms with Gasteiger partial charge in [-0.05, 0) is 20.2 Å². The molecule has 0 aliphatic rings. The molecule has 0 saturated heterocycles. The van der Waals surface area contributed by atoms with Crippen molar-refractivity contribution >= 4 is 12.4 Å². The second-order valence-corrected chi connectivity index (χ2v) is 4.02. The van der Waals surface area contributed by atoms with Crippen LogP contribution in [0.25, 0.3) is 0 Å². The second kappa shape index (κ2) is 9.03. The molecule has 0 fully saturated rings. The Balaban J connectivity index is 0.00000289. The van der Waals surface area contributed by atoms with Crippen LogP contribution in [0.4, 0.5) is 0 Å². The third kappa shape index (κ3) is 5.12. The van der Waals surface area contributed by atoms with Crippen LogP contribution >= 0.6 is 12.4 Å². The molecule has 1 rings (SSSR count). The Morgan fingerprint density at radius 1 is 1.22 bits per heavy atom. The fourth-order valence-electron chi connectivity index (χ4n) is 1.66. The van der Waals surface area contributed by atoms with Crippen molar-refractivity contribution in [3.8, 4) is 11.5 Å². The van der Waals surface area contributed by atoms with E-state index in [-0.39, 0.29) is 12.4 Å². The lowest BCUT2D eigenvalue weighted by Gasteiger charge is -2.18. The van der Waals surface area contributed by atoms with Crippen molar-refractivity contribution in [1.29, 1.82) is 0 Å². The molecule has 0 atom stereocenters. The summed E-state index contributed by atoms with van der Waals surface area (Å²) in [5.74, 6) is 1.70. The van der Waals surface area contributed by atoms with Gasteiger partial charge in [0.15, 0.2) is 0 Å². The molecule has 0 aliphatic heterocycles. The maximum absolute atomic E-state index is 5.37. The second-order valence-electron chi connectivity index (χ2n) is 4.02. The van der Waals surface area contributed by atoms with Crippen LogP contribution in [0.5, 0.6) is 11.5 Å². The number of ether oxygens (including phenoxy) is 2.